The maximum absolute atomic E-state index is 11.4. The van der Waals surface area contributed by atoms with Gasteiger partial charge in [-0.2, -0.15) is 17.4 Å². The lowest BCUT2D eigenvalue weighted by molar-refractivity contribution is 0.581. The van der Waals surface area contributed by atoms with Gasteiger partial charge in [0.05, 0.1) is 5.37 Å². The molecule has 0 fully saturated rings. The van der Waals surface area contributed by atoms with Crippen LogP contribution < -0.4 is 4.72 Å². The molecule has 0 spiro atoms. The molecule has 1 heterocycles. The number of hydrogen-bond acceptors (Lipinski definition) is 4. The predicted molar refractivity (Wildman–Crippen MR) is 53.0 cm³/mol. The van der Waals surface area contributed by atoms with Gasteiger partial charge in [-0.25, -0.2) is 8.42 Å². The van der Waals surface area contributed by atoms with Crippen molar-refractivity contribution in [2.24, 2.45) is 0 Å². The minimum Gasteiger partial charge on any atom is -0.263 e. The number of pyridine rings is 1. The van der Waals surface area contributed by atoms with E-state index in [2.05, 4.69) is 22.3 Å². The minimum absolute atomic E-state index is 0.149. The average Bonchev–Trinajstić information content (AvgIpc) is 2.04. The topological polar surface area (TPSA) is 59.1 Å². The molecule has 0 saturated carbocycles. The molecule has 1 aromatic heterocycles. The van der Waals surface area contributed by atoms with Crippen molar-refractivity contribution in [1.82, 2.24) is 9.71 Å². The minimum atomic E-state index is -3.45. The molecule has 1 atom stereocenters. The second kappa shape index (κ2) is 4.08. The molecule has 0 saturated heterocycles. The van der Waals surface area contributed by atoms with Gasteiger partial charge < -0.3 is 0 Å². The molecule has 6 heteroatoms. The van der Waals surface area contributed by atoms with Crippen LogP contribution in [0.2, 0.25) is 0 Å². The molecule has 13 heavy (non-hydrogen) atoms. The number of sulfonamides is 1. The van der Waals surface area contributed by atoms with Gasteiger partial charge in [0, 0.05) is 12.4 Å². The summed E-state index contributed by atoms with van der Waals surface area (Å²) in [5, 5.41) is -0.412. The number of rotatable bonds is 3. The summed E-state index contributed by atoms with van der Waals surface area (Å²) in [4.78, 5) is 3.86. The van der Waals surface area contributed by atoms with E-state index in [0.29, 0.717) is 0 Å². The SMILES string of the molecule is CC(S)NS(=O)(=O)c1cccnc1. The zero-order valence-electron chi connectivity index (χ0n) is 7.01. The summed E-state index contributed by atoms with van der Waals surface area (Å²) in [6.07, 6.45) is 2.81. The number of nitrogens with zero attached hydrogens (tertiary/aromatic N) is 1. The van der Waals surface area contributed by atoms with Gasteiger partial charge in [0.2, 0.25) is 10.0 Å². The second-order valence-corrected chi connectivity index (χ2v) is 4.97. The average molecular weight is 218 g/mol. The Balaban J connectivity index is 2.96. The van der Waals surface area contributed by atoms with E-state index in [1.165, 1.54) is 18.5 Å². The molecule has 0 amide bonds. The molecule has 0 bridgehead atoms. The number of nitrogens with one attached hydrogen (secondary N) is 1. The molecule has 1 N–H and O–H groups in total. The van der Waals surface area contributed by atoms with Crippen LogP contribution in [-0.4, -0.2) is 18.8 Å². The first kappa shape index (κ1) is 10.5. The third kappa shape index (κ3) is 2.98. The van der Waals surface area contributed by atoms with Crippen LogP contribution in [0.15, 0.2) is 29.4 Å². The van der Waals surface area contributed by atoms with Crippen molar-refractivity contribution < 1.29 is 8.42 Å². The Bertz CT molecular complexity index is 361. The Morgan fingerprint density at radius 3 is 2.77 bits per heavy atom. The quantitative estimate of drug-likeness (QED) is 0.578. The van der Waals surface area contributed by atoms with Crippen LogP contribution in [0.3, 0.4) is 0 Å². The molecular weight excluding hydrogens is 208 g/mol. The smallest absolute Gasteiger partial charge is 0.243 e. The van der Waals surface area contributed by atoms with Gasteiger partial charge in [-0.05, 0) is 19.1 Å². The van der Waals surface area contributed by atoms with E-state index in [4.69, 9.17) is 0 Å². The first-order valence-electron chi connectivity index (χ1n) is 3.63. The van der Waals surface area contributed by atoms with Gasteiger partial charge in [0.25, 0.3) is 0 Å². The lowest BCUT2D eigenvalue weighted by Gasteiger charge is -2.07. The summed E-state index contributed by atoms with van der Waals surface area (Å²) in [6, 6.07) is 3.04. The molecular formula is C7H10N2O2S2. The highest BCUT2D eigenvalue weighted by Gasteiger charge is 2.14. The number of aromatic nitrogens is 1. The molecule has 0 aliphatic heterocycles. The van der Waals surface area contributed by atoms with Gasteiger partial charge in [-0.3, -0.25) is 4.98 Å². The van der Waals surface area contributed by atoms with Gasteiger partial charge in [-0.1, -0.05) is 0 Å². The van der Waals surface area contributed by atoms with E-state index in [1.54, 1.807) is 13.0 Å². The fourth-order valence-corrected chi connectivity index (χ4v) is 2.26. The summed E-state index contributed by atoms with van der Waals surface area (Å²) in [7, 11) is -3.45. The summed E-state index contributed by atoms with van der Waals surface area (Å²) in [5.74, 6) is 0. The van der Waals surface area contributed by atoms with Gasteiger partial charge in [0.1, 0.15) is 4.90 Å². The maximum atomic E-state index is 11.4. The Morgan fingerprint density at radius 1 is 1.62 bits per heavy atom. The van der Waals surface area contributed by atoms with Crippen LogP contribution in [0.25, 0.3) is 0 Å². The van der Waals surface area contributed by atoms with E-state index in [-0.39, 0.29) is 4.90 Å². The highest BCUT2D eigenvalue weighted by atomic mass is 32.2. The van der Waals surface area contributed by atoms with Gasteiger partial charge >= 0.3 is 0 Å². The van der Waals surface area contributed by atoms with Crippen LogP contribution in [0.1, 0.15) is 6.92 Å². The molecule has 0 aliphatic rings. The zero-order valence-corrected chi connectivity index (χ0v) is 8.72. The van der Waals surface area contributed by atoms with Crippen molar-refractivity contribution in [3.63, 3.8) is 0 Å². The van der Waals surface area contributed by atoms with Crippen LogP contribution in [0, 0.1) is 0 Å². The molecule has 1 unspecified atom stereocenters. The number of hydrogen-bond donors (Lipinski definition) is 2. The summed E-state index contributed by atoms with van der Waals surface area (Å²) in [6.45, 7) is 1.64. The van der Waals surface area contributed by atoms with Crippen molar-refractivity contribution >= 4 is 22.7 Å². The van der Waals surface area contributed by atoms with Crippen LogP contribution >= 0.6 is 12.6 Å². The molecule has 0 aliphatic carbocycles. The first-order valence-corrected chi connectivity index (χ1v) is 5.63. The Kier molecular flexibility index (Phi) is 3.29. The largest absolute Gasteiger partial charge is 0.263 e. The fraction of sp³-hybridized carbons (Fsp3) is 0.286. The number of thiol groups is 1. The predicted octanol–water partition coefficient (Wildman–Crippen LogP) is 0.636. The molecule has 1 aromatic rings. The van der Waals surface area contributed by atoms with E-state index in [1.807, 2.05) is 0 Å². The van der Waals surface area contributed by atoms with Gasteiger partial charge in [0.15, 0.2) is 0 Å². The van der Waals surface area contributed by atoms with Crippen LogP contribution in [-0.2, 0) is 10.0 Å². The molecule has 0 aromatic carbocycles. The highest BCUT2D eigenvalue weighted by Crippen LogP contribution is 2.06. The van der Waals surface area contributed by atoms with Crippen molar-refractivity contribution in [2.45, 2.75) is 17.2 Å². The van der Waals surface area contributed by atoms with Crippen LogP contribution in [0.4, 0.5) is 0 Å². The summed E-state index contributed by atoms with van der Waals surface area (Å²) >= 11 is 3.93. The van der Waals surface area contributed by atoms with E-state index >= 15 is 0 Å². The van der Waals surface area contributed by atoms with Crippen molar-refractivity contribution in [2.75, 3.05) is 0 Å². The standard InChI is InChI=1S/C7H10N2O2S2/c1-6(12)9-13(10,11)7-3-2-4-8-5-7/h2-6,9,12H,1H3. The maximum Gasteiger partial charge on any atom is 0.243 e. The lowest BCUT2D eigenvalue weighted by Crippen LogP contribution is -2.28. The molecule has 72 valence electrons. The van der Waals surface area contributed by atoms with E-state index < -0.39 is 15.4 Å². The van der Waals surface area contributed by atoms with Crippen LogP contribution in [0.5, 0.6) is 0 Å². The summed E-state index contributed by atoms with van der Waals surface area (Å²) < 4.78 is 25.2. The Labute approximate surface area is 82.8 Å². The highest BCUT2D eigenvalue weighted by molar-refractivity contribution is 7.90. The third-order valence-electron chi connectivity index (χ3n) is 1.27. The summed E-state index contributed by atoms with van der Waals surface area (Å²) in [5.41, 5.74) is 0. The normalized spacial score (nSPS) is 14.0. The molecule has 0 radical (unpaired) electrons. The second-order valence-electron chi connectivity index (χ2n) is 2.49. The van der Waals surface area contributed by atoms with Crippen molar-refractivity contribution in [3.8, 4) is 0 Å². The first-order chi connectivity index (χ1) is 6.02. The third-order valence-corrected chi connectivity index (χ3v) is 3.10. The molecule has 1 rings (SSSR count). The monoisotopic (exact) mass is 218 g/mol. The van der Waals surface area contributed by atoms with E-state index in [9.17, 15) is 8.42 Å². The van der Waals surface area contributed by atoms with Crippen molar-refractivity contribution in [1.29, 1.82) is 0 Å². The van der Waals surface area contributed by atoms with Gasteiger partial charge in [-0.15, -0.1) is 0 Å². The van der Waals surface area contributed by atoms with Crippen molar-refractivity contribution in [3.05, 3.63) is 24.5 Å². The fourth-order valence-electron chi connectivity index (χ4n) is 0.799. The lowest BCUT2D eigenvalue weighted by atomic mass is 10.5. The Hall–Kier alpha value is -0.590. The molecule has 4 nitrogen and oxygen atoms in total. The zero-order chi connectivity index (χ0) is 9.90. The Morgan fingerprint density at radius 2 is 2.31 bits per heavy atom. The van der Waals surface area contributed by atoms with E-state index in [0.717, 1.165) is 0 Å².